The third kappa shape index (κ3) is 11.5. The molecule has 0 amide bonds. The normalized spacial score (nSPS) is 11.0. The molecular weight excluding hydrogens is 557 g/mol. The van der Waals surface area contributed by atoms with Crippen LogP contribution in [0.3, 0.4) is 0 Å². The van der Waals surface area contributed by atoms with Crippen molar-refractivity contribution in [3.63, 3.8) is 0 Å². The van der Waals surface area contributed by atoms with E-state index in [2.05, 4.69) is 30.4 Å². The average molecular weight is 579 g/mol. The zero-order chi connectivity index (χ0) is 25.6. The third-order valence-electron chi connectivity index (χ3n) is 4.36. The van der Waals surface area contributed by atoms with E-state index >= 15 is 0 Å². The molecule has 2 aromatic heterocycles. The van der Waals surface area contributed by atoms with Gasteiger partial charge in [0.2, 0.25) is 0 Å². The van der Waals surface area contributed by atoms with Gasteiger partial charge in [-0.2, -0.15) is 20.4 Å². The fourth-order valence-corrected chi connectivity index (χ4v) is 2.55. The molecular formula is C26H22F2N6NiO4. The van der Waals surface area contributed by atoms with Crippen LogP contribution in [-0.4, -0.2) is 45.1 Å². The largest absolute Gasteiger partial charge is 2.00 e. The standard InChI is InChI=1S/2C13H10FN3O.Ni.2H2O/c2*14-12-4-2-1-3-11(12)9-16-17-13(18)10-5-7-15-8-6-10;;;/h2*1-9H,(H,17,18);;2*1H2/q;;+2;;/p-2/b2*16-9+;;;. The van der Waals surface area contributed by atoms with E-state index in [0.717, 1.165) is 0 Å². The summed E-state index contributed by atoms with van der Waals surface area (Å²) in [5.74, 6) is -1.81. The first-order valence-corrected chi connectivity index (χ1v) is 10.4. The van der Waals surface area contributed by atoms with Gasteiger partial charge in [0.25, 0.3) is 0 Å². The summed E-state index contributed by atoms with van der Waals surface area (Å²) in [6.07, 6.45) is 8.36. The van der Waals surface area contributed by atoms with Crippen LogP contribution in [0.2, 0.25) is 0 Å². The summed E-state index contributed by atoms with van der Waals surface area (Å²) in [5.41, 5.74) is 1.33. The molecule has 10 nitrogen and oxygen atoms in total. The number of pyridine rings is 2. The van der Waals surface area contributed by atoms with Gasteiger partial charge in [-0.25, -0.2) is 8.78 Å². The average Bonchev–Trinajstić information content (AvgIpc) is 2.92. The van der Waals surface area contributed by atoms with E-state index in [0.29, 0.717) is 11.1 Å². The van der Waals surface area contributed by atoms with E-state index in [4.69, 9.17) is 0 Å². The molecule has 4 aromatic rings. The minimum Gasteiger partial charge on any atom is -0.857 e. The Morgan fingerprint density at radius 3 is 1.26 bits per heavy atom. The minimum absolute atomic E-state index is 0. The monoisotopic (exact) mass is 578 g/mol. The summed E-state index contributed by atoms with van der Waals surface area (Å²) in [4.78, 5) is 7.57. The van der Waals surface area contributed by atoms with Gasteiger partial charge in [0, 0.05) is 47.7 Å². The molecule has 204 valence electrons. The van der Waals surface area contributed by atoms with E-state index in [1.807, 2.05) is 0 Å². The van der Waals surface area contributed by atoms with Gasteiger partial charge in [-0.15, -0.1) is 0 Å². The van der Waals surface area contributed by atoms with E-state index in [-0.39, 0.29) is 38.6 Å². The van der Waals surface area contributed by atoms with Crippen LogP contribution < -0.4 is 10.2 Å². The molecule has 0 radical (unpaired) electrons. The van der Waals surface area contributed by atoms with Crippen molar-refractivity contribution in [1.29, 1.82) is 0 Å². The van der Waals surface area contributed by atoms with Gasteiger partial charge in [-0.3, -0.25) is 9.97 Å². The van der Waals surface area contributed by atoms with Crippen LogP contribution in [0.4, 0.5) is 8.78 Å². The number of hydrogen-bond acceptors (Lipinski definition) is 8. The minimum atomic E-state index is -0.495. The Bertz CT molecular complexity index is 1280. The molecule has 0 aliphatic rings. The maximum Gasteiger partial charge on any atom is 2.00 e. The summed E-state index contributed by atoms with van der Waals surface area (Å²) in [5, 5.41) is 37.1. The summed E-state index contributed by atoms with van der Waals surface area (Å²) in [7, 11) is 0. The summed E-state index contributed by atoms with van der Waals surface area (Å²) < 4.78 is 26.4. The maximum atomic E-state index is 13.2. The Kier molecular flexibility index (Phi) is 16.3. The van der Waals surface area contributed by atoms with Crippen LogP contribution in [-0.2, 0) is 16.5 Å². The fraction of sp³-hybridized carbons (Fsp3) is 0. The number of benzene rings is 2. The molecule has 39 heavy (non-hydrogen) atoms. The molecule has 0 saturated heterocycles. The second-order valence-electron chi connectivity index (χ2n) is 6.81. The first kappa shape index (κ1) is 34.3. The molecule has 0 bridgehead atoms. The molecule has 2 heterocycles. The number of nitrogens with zero attached hydrogens (tertiary/aromatic N) is 6. The molecule has 0 fully saturated rings. The van der Waals surface area contributed by atoms with Crippen molar-refractivity contribution in [2.24, 2.45) is 20.4 Å². The van der Waals surface area contributed by atoms with Gasteiger partial charge in [0.1, 0.15) is 11.6 Å². The second kappa shape index (κ2) is 18.5. The number of aromatic nitrogens is 2. The summed E-state index contributed by atoms with van der Waals surface area (Å²) in [6, 6.07) is 18.3. The molecule has 13 heteroatoms. The van der Waals surface area contributed by atoms with Gasteiger partial charge in [0.05, 0.1) is 12.4 Å². The fourth-order valence-electron chi connectivity index (χ4n) is 2.55. The maximum absolute atomic E-state index is 13.2. The number of rotatable bonds is 6. The van der Waals surface area contributed by atoms with Crippen LogP contribution in [0.1, 0.15) is 22.3 Å². The van der Waals surface area contributed by atoms with Gasteiger partial charge >= 0.3 is 16.5 Å². The van der Waals surface area contributed by atoms with Crippen molar-refractivity contribution in [3.05, 3.63) is 131 Å². The molecule has 2 aromatic carbocycles. The van der Waals surface area contributed by atoms with Crippen molar-refractivity contribution in [1.82, 2.24) is 9.97 Å². The molecule has 0 saturated carbocycles. The van der Waals surface area contributed by atoms with Crippen molar-refractivity contribution in [2.45, 2.75) is 0 Å². The third-order valence-corrected chi connectivity index (χ3v) is 4.36. The Labute approximate surface area is 232 Å². The van der Waals surface area contributed by atoms with Crippen molar-refractivity contribution < 1.29 is 46.4 Å². The van der Waals surface area contributed by atoms with E-state index < -0.39 is 23.4 Å². The predicted octanol–water partition coefficient (Wildman–Crippen LogP) is 1.07. The topological polar surface area (TPSA) is 184 Å². The van der Waals surface area contributed by atoms with Crippen LogP contribution >= 0.6 is 0 Å². The van der Waals surface area contributed by atoms with Crippen LogP contribution in [0, 0.1) is 11.6 Å². The van der Waals surface area contributed by atoms with Crippen molar-refractivity contribution >= 4 is 24.2 Å². The Balaban J connectivity index is 0.000000688. The predicted molar refractivity (Wildman–Crippen MR) is 137 cm³/mol. The second-order valence-corrected chi connectivity index (χ2v) is 6.81. The molecule has 0 atom stereocenters. The van der Waals surface area contributed by atoms with Crippen molar-refractivity contribution in [2.75, 3.05) is 0 Å². The molecule has 4 rings (SSSR count). The number of halogens is 2. The molecule has 0 aliphatic heterocycles. The summed E-state index contributed by atoms with van der Waals surface area (Å²) in [6.45, 7) is 0. The Hall–Kier alpha value is -4.71. The van der Waals surface area contributed by atoms with Crippen LogP contribution in [0.15, 0.2) is 118 Å². The Morgan fingerprint density at radius 1 is 0.590 bits per heavy atom. The van der Waals surface area contributed by atoms with Gasteiger partial charge in [0.15, 0.2) is 0 Å². The number of hydrogen-bond donors (Lipinski definition) is 0. The van der Waals surface area contributed by atoms with Crippen LogP contribution in [0.25, 0.3) is 0 Å². The SMILES string of the molecule is O.O.[Ni+2].[O-]/C(=N\N=C\c1ccccc1F)c1ccncc1.[O-]/C(=N\N=C\c1ccccc1F)c1ccncc1. The van der Waals surface area contributed by atoms with E-state index in [1.54, 1.807) is 36.4 Å². The zero-order valence-electron chi connectivity index (χ0n) is 20.0. The van der Waals surface area contributed by atoms with Gasteiger partial charge in [-0.05, 0) is 47.5 Å². The van der Waals surface area contributed by atoms with Gasteiger partial charge in [-0.1, -0.05) is 36.4 Å². The van der Waals surface area contributed by atoms with Gasteiger partial charge < -0.3 is 21.2 Å². The smallest absolute Gasteiger partial charge is 0.857 e. The van der Waals surface area contributed by atoms with E-state index in [1.165, 1.54) is 73.6 Å². The molecule has 0 unspecified atom stereocenters. The Morgan fingerprint density at radius 2 is 0.923 bits per heavy atom. The zero-order valence-corrected chi connectivity index (χ0v) is 21.0. The first-order chi connectivity index (χ1) is 17.5. The van der Waals surface area contributed by atoms with Crippen molar-refractivity contribution in [3.8, 4) is 0 Å². The quantitative estimate of drug-likeness (QED) is 0.143. The molecule has 0 spiro atoms. The first-order valence-electron chi connectivity index (χ1n) is 10.4. The van der Waals surface area contributed by atoms with E-state index in [9.17, 15) is 19.0 Å². The molecule has 4 N–H and O–H groups in total. The molecule has 0 aliphatic carbocycles. The van der Waals surface area contributed by atoms with Crippen LogP contribution in [0.5, 0.6) is 0 Å². The summed E-state index contributed by atoms with van der Waals surface area (Å²) >= 11 is 0.